The highest BCUT2D eigenvalue weighted by molar-refractivity contribution is 5.29. The number of nitrogens with one attached hydrogen (secondary N) is 1. The average molecular weight is 175 g/mol. The van der Waals surface area contributed by atoms with Crippen molar-refractivity contribution in [2.75, 3.05) is 0 Å². The highest BCUT2D eigenvalue weighted by atomic mass is 16.3. The fraction of sp³-hybridized carbons (Fsp3) is 0.111. The second-order valence-electron chi connectivity index (χ2n) is 2.81. The minimum Gasteiger partial charge on any atom is -0.508 e. The second kappa shape index (κ2) is 3.26. The Morgan fingerprint density at radius 3 is 3.00 bits per heavy atom. The summed E-state index contributed by atoms with van der Waals surface area (Å²) < 4.78 is 0. The van der Waals surface area contributed by atoms with Crippen molar-refractivity contribution in [3.05, 3.63) is 41.7 Å². The number of benzene rings is 1. The summed E-state index contributed by atoms with van der Waals surface area (Å²) in [6.07, 6.45) is 2.43. The minimum absolute atomic E-state index is 0.279. The van der Waals surface area contributed by atoms with Gasteiger partial charge in [0.2, 0.25) is 0 Å². The van der Waals surface area contributed by atoms with Gasteiger partial charge in [-0.05, 0) is 17.7 Å². The van der Waals surface area contributed by atoms with E-state index in [1.165, 1.54) is 0 Å². The first kappa shape index (κ1) is 7.79. The van der Waals surface area contributed by atoms with Crippen LogP contribution in [0.5, 0.6) is 5.75 Å². The summed E-state index contributed by atoms with van der Waals surface area (Å²) in [6, 6.07) is 7.11. The van der Waals surface area contributed by atoms with Gasteiger partial charge in [0.15, 0.2) is 0 Å². The van der Waals surface area contributed by atoms with Crippen molar-refractivity contribution in [1.82, 2.24) is 15.4 Å². The second-order valence-corrected chi connectivity index (χ2v) is 2.81. The molecule has 0 amide bonds. The molecule has 66 valence electrons. The maximum absolute atomic E-state index is 9.20. The van der Waals surface area contributed by atoms with E-state index in [1.807, 2.05) is 12.1 Å². The Hall–Kier alpha value is -1.84. The number of aromatic hydroxyl groups is 1. The number of phenols is 1. The lowest BCUT2D eigenvalue weighted by molar-refractivity contribution is 0.474. The molecule has 0 bridgehead atoms. The van der Waals surface area contributed by atoms with Gasteiger partial charge in [0.1, 0.15) is 5.75 Å². The van der Waals surface area contributed by atoms with E-state index in [2.05, 4.69) is 15.4 Å². The molecule has 4 heteroatoms. The number of aromatic amines is 1. The predicted molar refractivity (Wildman–Crippen MR) is 47.3 cm³/mol. The number of phenolic OH excluding ortho intramolecular Hbond substituents is 1. The van der Waals surface area contributed by atoms with Gasteiger partial charge in [-0.3, -0.25) is 5.10 Å². The molecular formula is C9H9N3O. The maximum atomic E-state index is 9.20. The van der Waals surface area contributed by atoms with Crippen LogP contribution in [0.2, 0.25) is 0 Å². The van der Waals surface area contributed by atoms with Gasteiger partial charge in [0, 0.05) is 12.6 Å². The van der Waals surface area contributed by atoms with Crippen molar-refractivity contribution in [3.63, 3.8) is 0 Å². The number of H-pyrrole nitrogens is 1. The van der Waals surface area contributed by atoms with Gasteiger partial charge in [-0.2, -0.15) is 0 Å². The van der Waals surface area contributed by atoms with Crippen LogP contribution in [0.3, 0.4) is 0 Å². The Labute approximate surface area is 75.2 Å². The molecule has 0 radical (unpaired) electrons. The molecule has 1 aromatic heterocycles. The lowest BCUT2D eigenvalue weighted by Crippen LogP contribution is -1.87. The van der Waals surface area contributed by atoms with Crippen LogP contribution in [0.1, 0.15) is 11.3 Å². The molecule has 2 N–H and O–H groups in total. The van der Waals surface area contributed by atoms with E-state index in [0.717, 1.165) is 11.3 Å². The van der Waals surface area contributed by atoms with E-state index in [0.29, 0.717) is 6.42 Å². The van der Waals surface area contributed by atoms with Crippen LogP contribution in [-0.4, -0.2) is 20.5 Å². The first-order chi connectivity index (χ1) is 6.34. The van der Waals surface area contributed by atoms with Crippen LogP contribution in [0.15, 0.2) is 30.5 Å². The Balaban J connectivity index is 2.19. The molecule has 2 rings (SSSR count). The molecular weight excluding hydrogens is 166 g/mol. The molecule has 0 spiro atoms. The van der Waals surface area contributed by atoms with Crippen molar-refractivity contribution in [2.24, 2.45) is 0 Å². The summed E-state index contributed by atoms with van der Waals surface area (Å²) >= 11 is 0. The van der Waals surface area contributed by atoms with Gasteiger partial charge in [0.05, 0.1) is 5.69 Å². The Kier molecular flexibility index (Phi) is 1.96. The van der Waals surface area contributed by atoms with Gasteiger partial charge in [-0.15, -0.1) is 5.10 Å². The zero-order valence-corrected chi connectivity index (χ0v) is 6.94. The van der Waals surface area contributed by atoms with Gasteiger partial charge in [0.25, 0.3) is 0 Å². The Morgan fingerprint density at radius 2 is 2.31 bits per heavy atom. The van der Waals surface area contributed by atoms with Gasteiger partial charge < -0.3 is 5.11 Å². The Bertz CT molecular complexity index is 384. The van der Waals surface area contributed by atoms with E-state index in [1.54, 1.807) is 18.3 Å². The molecule has 0 unspecified atom stereocenters. The summed E-state index contributed by atoms with van der Waals surface area (Å²) in [5.41, 5.74) is 1.89. The number of hydrogen-bond acceptors (Lipinski definition) is 3. The number of nitrogens with zero attached hydrogens (tertiary/aromatic N) is 2. The minimum atomic E-state index is 0.279. The number of rotatable bonds is 2. The number of aromatic nitrogens is 3. The third kappa shape index (κ3) is 1.84. The molecule has 0 saturated carbocycles. The summed E-state index contributed by atoms with van der Waals surface area (Å²) in [7, 11) is 0. The summed E-state index contributed by atoms with van der Waals surface area (Å²) in [4.78, 5) is 0. The zero-order chi connectivity index (χ0) is 9.10. The summed E-state index contributed by atoms with van der Waals surface area (Å²) in [6.45, 7) is 0. The molecule has 0 saturated heterocycles. The van der Waals surface area contributed by atoms with E-state index in [9.17, 15) is 5.11 Å². The van der Waals surface area contributed by atoms with Crippen LogP contribution >= 0.6 is 0 Å². The fourth-order valence-corrected chi connectivity index (χ4v) is 1.19. The largest absolute Gasteiger partial charge is 0.508 e. The van der Waals surface area contributed by atoms with Gasteiger partial charge in [-0.25, -0.2) is 0 Å². The lowest BCUT2D eigenvalue weighted by atomic mass is 10.1. The third-order valence-corrected chi connectivity index (χ3v) is 1.76. The molecule has 0 atom stereocenters. The van der Waals surface area contributed by atoms with Crippen LogP contribution in [0.25, 0.3) is 0 Å². The number of hydrogen-bond donors (Lipinski definition) is 2. The summed E-state index contributed by atoms with van der Waals surface area (Å²) in [5.74, 6) is 0.279. The van der Waals surface area contributed by atoms with Crippen molar-refractivity contribution in [2.45, 2.75) is 6.42 Å². The third-order valence-electron chi connectivity index (χ3n) is 1.76. The van der Waals surface area contributed by atoms with E-state index in [-0.39, 0.29) is 5.75 Å². The van der Waals surface area contributed by atoms with Gasteiger partial charge >= 0.3 is 0 Å². The van der Waals surface area contributed by atoms with E-state index >= 15 is 0 Å². The van der Waals surface area contributed by atoms with Crippen LogP contribution < -0.4 is 0 Å². The Morgan fingerprint density at radius 1 is 1.38 bits per heavy atom. The van der Waals surface area contributed by atoms with Crippen molar-refractivity contribution in [3.8, 4) is 5.75 Å². The smallest absolute Gasteiger partial charge is 0.115 e. The summed E-state index contributed by atoms with van der Waals surface area (Å²) in [5, 5.41) is 19.3. The van der Waals surface area contributed by atoms with Crippen LogP contribution in [-0.2, 0) is 6.42 Å². The normalized spacial score (nSPS) is 10.2. The highest BCUT2D eigenvalue weighted by Gasteiger charge is 1.98. The van der Waals surface area contributed by atoms with Crippen molar-refractivity contribution in [1.29, 1.82) is 0 Å². The van der Waals surface area contributed by atoms with Crippen molar-refractivity contribution >= 4 is 0 Å². The van der Waals surface area contributed by atoms with Crippen molar-refractivity contribution < 1.29 is 5.11 Å². The van der Waals surface area contributed by atoms with E-state index < -0.39 is 0 Å². The SMILES string of the molecule is Oc1cccc(Cc2c[nH]nn2)c1. The molecule has 0 fully saturated rings. The van der Waals surface area contributed by atoms with Gasteiger partial charge in [-0.1, -0.05) is 17.3 Å². The topological polar surface area (TPSA) is 61.8 Å². The van der Waals surface area contributed by atoms with Crippen LogP contribution in [0, 0.1) is 0 Å². The quantitative estimate of drug-likeness (QED) is 0.718. The standard InChI is InChI=1S/C9H9N3O/c13-9-3-1-2-7(5-9)4-8-6-10-12-11-8/h1-3,5-6,13H,4H2,(H,10,11,12). The maximum Gasteiger partial charge on any atom is 0.115 e. The highest BCUT2D eigenvalue weighted by Crippen LogP contribution is 2.13. The lowest BCUT2D eigenvalue weighted by Gasteiger charge is -1.97. The molecule has 2 aromatic rings. The van der Waals surface area contributed by atoms with E-state index in [4.69, 9.17) is 0 Å². The first-order valence-corrected chi connectivity index (χ1v) is 3.98. The first-order valence-electron chi connectivity index (χ1n) is 3.98. The fourth-order valence-electron chi connectivity index (χ4n) is 1.19. The molecule has 4 nitrogen and oxygen atoms in total. The monoisotopic (exact) mass is 175 g/mol. The molecule has 0 aliphatic carbocycles. The molecule has 0 aliphatic heterocycles. The zero-order valence-electron chi connectivity index (χ0n) is 6.94. The molecule has 13 heavy (non-hydrogen) atoms. The average Bonchev–Trinajstić information content (AvgIpc) is 2.57. The van der Waals surface area contributed by atoms with Crippen LogP contribution in [0.4, 0.5) is 0 Å². The molecule has 1 aromatic carbocycles. The predicted octanol–water partition coefficient (Wildman–Crippen LogP) is 1.10. The molecule has 1 heterocycles. The molecule has 0 aliphatic rings.